The van der Waals surface area contributed by atoms with Crippen LogP contribution in [0.2, 0.25) is 0 Å². The topological polar surface area (TPSA) is 128 Å². The van der Waals surface area contributed by atoms with E-state index in [1.165, 1.54) is 29.8 Å². The Labute approximate surface area is 233 Å². The third-order valence-corrected chi connectivity index (χ3v) is 6.84. The number of methoxy groups -OCH3 is 1. The molecule has 1 aromatic rings. The molecule has 2 N–H and O–H groups in total. The number of hydrogen-bond donors (Lipinski definition) is 2. The van der Waals surface area contributed by atoms with Gasteiger partial charge in [0.1, 0.15) is 17.5 Å². The van der Waals surface area contributed by atoms with E-state index in [9.17, 15) is 24.3 Å². The molecule has 0 bridgehead atoms. The van der Waals surface area contributed by atoms with Gasteiger partial charge in [-0.05, 0) is 26.3 Å². The summed E-state index contributed by atoms with van der Waals surface area (Å²) >= 11 is 1.32. The second-order valence-electron chi connectivity index (χ2n) is 7.90. The number of allylic oxidation sites excluding steroid dienone is 1. The third kappa shape index (κ3) is 5.40. The molecule has 4 atom stereocenters. The van der Waals surface area contributed by atoms with Crippen LogP contribution in [0.15, 0.2) is 42.1 Å². The molecule has 2 amide bonds. The maximum absolute atomic E-state index is 13.1. The number of β-lactam (4-membered cyclic amide) rings is 1. The van der Waals surface area contributed by atoms with E-state index in [2.05, 4.69) is 15.4 Å². The molecule has 166 valence electrons. The second kappa shape index (κ2) is 10.7. The molecule has 0 aromatic heterocycles. The molecule has 1 unspecified atom stereocenters. The molecule has 9 nitrogen and oxygen atoms in total. The van der Waals surface area contributed by atoms with Crippen LogP contribution in [0.4, 0.5) is 0 Å². The van der Waals surface area contributed by atoms with Crippen LogP contribution < -0.4 is 67.1 Å². The summed E-state index contributed by atoms with van der Waals surface area (Å²) in [6.07, 6.45) is 1.22. The fourth-order valence-corrected chi connectivity index (χ4v) is 5.43. The maximum atomic E-state index is 13.1. The first-order valence-electron chi connectivity index (χ1n) is 9.65. The number of nitrogens with one attached hydrogen (secondary N) is 2. The number of ether oxygens (including phenoxy) is 1. The van der Waals surface area contributed by atoms with Gasteiger partial charge in [0, 0.05) is 16.5 Å². The number of amides is 2. The Bertz CT molecular complexity index is 939. The van der Waals surface area contributed by atoms with Crippen molar-refractivity contribution in [1.82, 2.24) is 15.5 Å². The standard InChI is InChI=1S/C21H25N3O6S.K/c1-11(10-13(25)30-4)22-14(12-8-6-5-7-9-12)17(26)23-15-18(27)24-16(20(28)29)21(2,3)31-19(15)24;/h5-10,14-16,19,22H,1-4H3,(H,23,26)(H,28,29);/q;+1/p-1/t14?,15-,16+,19-;/m1./s1. The van der Waals surface area contributed by atoms with E-state index in [1.807, 2.05) is 0 Å². The van der Waals surface area contributed by atoms with E-state index in [0.29, 0.717) is 11.3 Å². The van der Waals surface area contributed by atoms with Gasteiger partial charge in [-0.1, -0.05) is 30.3 Å². The van der Waals surface area contributed by atoms with Crippen LogP contribution in [-0.2, 0) is 23.9 Å². The van der Waals surface area contributed by atoms with Crippen molar-refractivity contribution in [2.45, 2.75) is 49.0 Å². The predicted octanol–water partition coefficient (Wildman–Crippen LogP) is -3.30. The Morgan fingerprint density at radius 2 is 1.88 bits per heavy atom. The van der Waals surface area contributed by atoms with Crippen molar-refractivity contribution in [2.24, 2.45) is 0 Å². The van der Waals surface area contributed by atoms with Gasteiger partial charge in [0.15, 0.2) is 0 Å². The smallest absolute Gasteiger partial charge is 0.548 e. The molecule has 3 rings (SSSR count). The van der Waals surface area contributed by atoms with Gasteiger partial charge in [0.05, 0.1) is 19.1 Å². The number of carboxylic acid groups (broad SMARTS) is 1. The van der Waals surface area contributed by atoms with E-state index >= 15 is 0 Å². The summed E-state index contributed by atoms with van der Waals surface area (Å²) in [5.74, 6) is -2.82. The Balaban J connectivity index is 0.00000363. The Morgan fingerprint density at radius 1 is 1.25 bits per heavy atom. The van der Waals surface area contributed by atoms with E-state index in [-0.39, 0.29) is 51.4 Å². The van der Waals surface area contributed by atoms with Crippen molar-refractivity contribution in [2.75, 3.05) is 7.11 Å². The third-order valence-electron chi connectivity index (χ3n) is 5.26. The summed E-state index contributed by atoms with van der Waals surface area (Å²) in [6.45, 7) is 5.09. The zero-order chi connectivity index (χ0) is 22.9. The number of hydrogen-bond acceptors (Lipinski definition) is 8. The fourth-order valence-electron chi connectivity index (χ4n) is 3.81. The number of aliphatic carboxylic acids is 1. The first-order valence-corrected chi connectivity index (χ1v) is 10.5. The Hall–Kier alpha value is -1.37. The zero-order valence-electron chi connectivity index (χ0n) is 18.6. The number of thioether (sulfide) groups is 1. The van der Waals surface area contributed by atoms with Crippen LogP contribution >= 0.6 is 11.8 Å². The molecular weight excluding hydrogens is 461 g/mol. The number of carboxylic acids is 1. The number of esters is 1. The Kier molecular flexibility index (Phi) is 8.99. The molecule has 1 aromatic carbocycles. The number of carbonyl (C=O) groups is 4. The molecule has 0 aliphatic carbocycles. The first-order chi connectivity index (χ1) is 14.6. The summed E-state index contributed by atoms with van der Waals surface area (Å²) in [7, 11) is 1.25. The molecule has 0 radical (unpaired) electrons. The van der Waals surface area contributed by atoms with Crippen molar-refractivity contribution in [3.05, 3.63) is 47.7 Å². The average Bonchev–Trinajstić information content (AvgIpc) is 2.98. The number of fused-ring (bicyclic) bond motifs is 1. The van der Waals surface area contributed by atoms with Crippen LogP contribution in [0.3, 0.4) is 0 Å². The molecule has 2 saturated heterocycles. The molecule has 11 heteroatoms. The molecule has 32 heavy (non-hydrogen) atoms. The first kappa shape index (κ1) is 26.9. The molecule has 2 fully saturated rings. The average molecular weight is 486 g/mol. The summed E-state index contributed by atoms with van der Waals surface area (Å²) in [5.41, 5.74) is 1.04. The van der Waals surface area contributed by atoms with Gasteiger partial charge >= 0.3 is 57.4 Å². The summed E-state index contributed by atoms with van der Waals surface area (Å²) in [5, 5.41) is 16.8. The van der Waals surface area contributed by atoms with Crippen molar-refractivity contribution in [3.63, 3.8) is 0 Å². The van der Waals surface area contributed by atoms with Gasteiger partial charge in [-0.25, -0.2) is 4.79 Å². The monoisotopic (exact) mass is 485 g/mol. The van der Waals surface area contributed by atoms with Crippen LogP contribution in [0, 0.1) is 0 Å². The molecule has 0 saturated carbocycles. The van der Waals surface area contributed by atoms with Crippen LogP contribution in [0.1, 0.15) is 32.4 Å². The number of nitrogens with zero attached hydrogens (tertiary/aromatic N) is 1. The second-order valence-corrected chi connectivity index (χ2v) is 9.67. The van der Waals surface area contributed by atoms with Crippen LogP contribution in [0.5, 0.6) is 0 Å². The predicted molar refractivity (Wildman–Crippen MR) is 111 cm³/mol. The molecule has 2 aliphatic heterocycles. The van der Waals surface area contributed by atoms with Crippen molar-refractivity contribution in [1.29, 1.82) is 0 Å². The Morgan fingerprint density at radius 3 is 2.44 bits per heavy atom. The van der Waals surface area contributed by atoms with Gasteiger partial charge in [0.25, 0.3) is 0 Å². The number of carbonyl (C=O) groups excluding carboxylic acids is 4. The van der Waals surface area contributed by atoms with Gasteiger partial charge in [-0.15, -0.1) is 11.8 Å². The van der Waals surface area contributed by atoms with Gasteiger partial charge in [-0.2, -0.15) is 0 Å². The normalized spacial score (nSPS) is 24.4. The maximum Gasteiger partial charge on any atom is 1.00 e. The van der Waals surface area contributed by atoms with Crippen molar-refractivity contribution < 1.29 is 80.4 Å². The zero-order valence-corrected chi connectivity index (χ0v) is 22.5. The minimum atomic E-state index is -1.31. The van der Waals surface area contributed by atoms with Gasteiger partial charge in [0.2, 0.25) is 11.8 Å². The minimum absolute atomic E-state index is 0. The van der Waals surface area contributed by atoms with E-state index < -0.39 is 52.0 Å². The number of benzene rings is 1. The molecular formula is C21H24KN3O6S. The van der Waals surface area contributed by atoms with E-state index in [1.54, 1.807) is 51.1 Å². The van der Waals surface area contributed by atoms with Crippen LogP contribution in [0.25, 0.3) is 0 Å². The molecule has 2 aliphatic rings. The largest absolute Gasteiger partial charge is 1.00 e. The minimum Gasteiger partial charge on any atom is -0.548 e. The quantitative estimate of drug-likeness (QED) is 0.178. The van der Waals surface area contributed by atoms with Crippen LogP contribution in [-0.4, -0.2) is 58.0 Å². The van der Waals surface area contributed by atoms with Gasteiger partial charge in [-0.3, -0.25) is 9.59 Å². The van der Waals surface area contributed by atoms with Gasteiger partial charge < -0.3 is 30.2 Å². The van der Waals surface area contributed by atoms with E-state index in [4.69, 9.17) is 0 Å². The van der Waals surface area contributed by atoms with Crippen molar-refractivity contribution >= 4 is 35.5 Å². The van der Waals surface area contributed by atoms with Crippen molar-refractivity contribution in [3.8, 4) is 0 Å². The summed E-state index contributed by atoms with van der Waals surface area (Å²) < 4.78 is 3.87. The molecule has 2 heterocycles. The summed E-state index contributed by atoms with van der Waals surface area (Å²) in [4.78, 5) is 50.1. The fraction of sp³-hybridized carbons (Fsp3) is 0.429. The molecule has 0 spiro atoms. The number of rotatable bonds is 7. The summed E-state index contributed by atoms with van der Waals surface area (Å²) in [6, 6.07) is 6.06. The SMILES string of the molecule is COC(=O)C=C(C)NC(C(=O)N[C@@H]1C(=O)N2[C@@H]1SC(C)(C)[C@@H]2C(=O)[O-])c1ccccc1.[K+]. The van der Waals surface area contributed by atoms with E-state index in [0.717, 1.165) is 0 Å².